The summed E-state index contributed by atoms with van der Waals surface area (Å²) in [6.45, 7) is 5.46. The van der Waals surface area contributed by atoms with E-state index in [2.05, 4.69) is 19.0 Å². The van der Waals surface area contributed by atoms with Crippen molar-refractivity contribution in [3.8, 4) is 5.75 Å². The molecule has 1 aromatic heterocycles. The predicted octanol–water partition coefficient (Wildman–Crippen LogP) is 4.97. The summed E-state index contributed by atoms with van der Waals surface area (Å²) in [5.41, 5.74) is 1.79. The first-order chi connectivity index (χ1) is 17.8. The fourth-order valence-corrected chi connectivity index (χ4v) is 4.64. The number of piperidine rings is 1. The van der Waals surface area contributed by atoms with Crippen molar-refractivity contribution in [2.24, 2.45) is 11.8 Å². The Balaban J connectivity index is 1.47. The predicted molar refractivity (Wildman–Crippen MR) is 137 cm³/mol. The van der Waals surface area contributed by atoms with Crippen molar-refractivity contribution < 1.29 is 23.2 Å². The molecule has 37 heavy (non-hydrogen) atoms. The second kappa shape index (κ2) is 12.0. The quantitative estimate of drug-likeness (QED) is 0.409. The highest BCUT2D eigenvalue weighted by molar-refractivity contribution is 5.91. The lowest BCUT2D eigenvalue weighted by molar-refractivity contribution is -0.133. The lowest BCUT2D eigenvalue weighted by Crippen LogP contribution is -2.49. The van der Waals surface area contributed by atoms with Gasteiger partial charge in [-0.3, -0.25) is 9.59 Å². The summed E-state index contributed by atoms with van der Waals surface area (Å²) in [6, 6.07) is 17.4. The van der Waals surface area contributed by atoms with Gasteiger partial charge in [0.15, 0.2) is 0 Å². The molecule has 2 aromatic carbocycles. The number of carbonyl (C=O) groups excluding carboxylic acids is 2. The lowest BCUT2D eigenvalue weighted by atomic mass is 9.90. The van der Waals surface area contributed by atoms with Crippen molar-refractivity contribution in [1.82, 2.24) is 15.0 Å². The molecule has 0 saturated carbocycles. The number of hydrogen-bond donors (Lipinski definition) is 0. The molecular weight excluding hydrogens is 473 g/mol. The number of likely N-dealkylation sites (tertiary alicyclic amines) is 1. The molecular formula is C29H34FN3O4. The Hall–Kier alpha value is -3.68. The number of amides is 2. The van der Waals surface area contributed by atoms with Crippen LogP contribution in [0, 0.1) is 17.7 Å². The van der Waals surface area contributed by atoms with Gasteiger partial charge < -0.3 is 19.1 Å². The van der Waals surface area contributed by atoms with Gasteiger partial charge in [0.2, 0.25) is 11.7 Å². The normalized spacial score (nSPS) is 17.6. The third-order valence-electron chi connectivity index (χ3n) is 6.56. The average molecular weight is 508 g/mol. The maximum absolute atomic E-state index is 13.4. The number of nitrogens with zero attached hydrogens (tertiary/aromatic N) is 3. The molecule has 1 aliphatic heterocycles. The molecule has 196 valence electrons. The van der Waals surface area contributed by atoms with E-state index in [4.69, 9.17) is 9.26 Å². The van der Waals surface area contributed by atoms with Crippen LogP contribution in [0.5, 0.6) is 5.75 Å². The van der Waals surface area contributed by atoms with Crippen LogP contribution >= 0.6 is 0 Å². The van der Waals surface area contributed by atoms with Gasteiger partial charge >= 0.3 is 0 Å². The minimum atomic E-state index is -0.342. The van der Waals surface area contributed by atoms with Crippen LogP contribution in [0.25, 0.3) is 0 Å². The van der Waals surface area contributed by atoms with Crippen LogP contribution in [0.15, 0.2) is 65.2 Å². The molecule has 2 amide bonds. The van der Waals surface area contributed by atoms with Gasteiger partial charge in [0.05, 0.1) is 5.69 Å². The Bertz CT molecular complexity index is 1180. The van der Waals surface area contributed by atoms with Crippen LogP contribution in [0.3, 0.4) is 0 Å². The molecule has 1 aliphatic rings. The zero-order chi connectivity index (χ0) is 26.4. The number of ether oxygens (including phenoxy) is 1. The van der Waals surface area contributed by atoms with E-state index in [1.807, 2.05) is 30.3 Å². The zero-order valence-corrected chi connectivity index (χ0v) is 21.6. The van der Waals surface area contributed by atoms with E-state index in [0.29, 0.717) is 37.7 Å². The van der Waals surface area contributed by atoms with Crippen LogP contribution < -0.4 is 4.74 Å². The van der Waals surface area contributed by atoms with Crippen molar-refractivity contribution in [1.29, 1.82) is 0 Å². The molecule has 0 radical (unpaired) electrons. The van der Waals surface area contributed by atoms with E-state index in [-0.39, 0.29) is 41.8 Å². The summed E-state index contributed by atoms with van der Waals surface area (Å²) < 4.78 is 24.9. The van der Waals surface area contributed by atoms with Crippen LogP contribution in [0.1, 0.15) is 48.5 Å². The molecule has 8 heteroatoms. The second-order valence-electron chi connectivity index (χ2n) is 10.1. The fraction of sp³-hybridized carbons (Fsp3) is 0.414. The van der Waals surface area contributed by atoms with E-state index in [0.717, 1.165) is 17.7 Å². The lowest BCUT2D eigenvalue weighted by Gasteiger charge is -2.38. The third-order valence-corrected chi connectivity index (χ3v) is 6.56. The van der Waals surface area contributed by atoms with Crippen LogP contribution in [-0.2, 0) is 17.8 Å². The van der Waals surface area contributed by atoms with E-state index in [1.165, 1.54) is 12.1 Å². The van der Waals surface area contributed by atoms with Gasteiger partial charge in [-0.25, -0.2) is 4.39 Å². The Morgan fingerprint density at radius 2 is 1.89 bits per heavy atom. The summed E-state index contributed by atoms with van der Waals surface area (Å²) in [6.07, 6.45) is 1.19. The molecule has 1 saturated heterocycles. The highest BCUT2D eigenvalue weighted by Crippen LogP contribution is 2.28. The van der Waals surface area contributed by atoms with Gasteiger partial charge in [0, 0.05) is 51.5 Å². The third kappa shape index (κ3) is 7.18. The second-order valence-corrected chi connectivity index (χ2v) is 10.1. The van der Waals surface area contributed by atoms with Crippen molar-refractivity contribution in [3.05, 3.63) is 83.5 Å². The Kier molecular flexibility index (Phi) is 8.58. The molecule has 0 aliphatic carbocycles. The first kappa shape index (κ1) is 26.4. The standard InChI is InChI=1S/C29H34FN3O4/c1-20(2)15-24-17-27(37-31-24)29(35)33-14-13-26(36-25-11-9-23(30)10-12-25)22(19-33)16-28(34)32(3)18-21-7-5-4-6-8-21/h4-12,17,20,22,26H,13-16,18-19H2,1-3H3/t22-,26-/m0/s1. The number of aromatic nitrogens is 1. The number of carbonyl (C=O) groups is 2. The minimum absolute atomic E-state index is 0.0326. The minimum Gasteiger partial charge on any atom is -0.490 e. The van der Waals surface area contributed by atoms with Crippen molar-refractivity contribution >= 4 is 11.8 Å². The van der Waals surface area contributed by atoms with Crippen molar-refractivity contribution in [2.75, 3.05) is 20.1 Å². The number of rotatable bonds is 9. The van der Waals surface area contributed by atoms with E-state index in [9.17, 15) is 14.0 Å². The van der Waals surface area contributed by atoms with Crippen LogP contribution in [0.4, 0.5) is 4.39 Å². The van der Waals surface area contributed by atoms with Crippen molar-refractivity contribution in [3.63, 3.8) is 0 Å². The SMILES string of the molecule is CC(C)Cc1cc(C(=O)N2CC[C@H](Oc3ccc(F)cc3)[C@@H](CC(=O)N(C)Cc3ccccc3)C2)on1. The monoisotopic (exact) mass is 507 g/mol. The van der Waals surface area contributed by atoms with Gasteiger partial charge in [0.1, 0.15) is 17.7 Å². The van der Waals surface area contributed by atoms with Gasteiger partial charge in [-0.1, -0.05) is 49.3 Å². The van der Waals surface area contributed by atoms with Crippen molar-refractivity contribution in [2.45, 2.75) is 45.8 Å². The topological polar surface area (TPSA) is 75.9 Å². The Morgan fingerprint density at radius 3 is 2.59 bits per heavy atom. The molecule has 4 rings (SSSR count). The van der Waals surface area contributed by atoms with E-state index in [1.54, 1.807) is 35.0 Å². The molecule has 3 aromatic rings. The molecule has 7 nitrogen and oxygen atoms in total. The van der Waals surface area contributed by atoms with Gasteiger partial charge in [-0.2, -0.15) is 0 Å². The first-order valence-corrected chi connectivity index (χ1v) is 12.7. The largest absolute Gasteiger partial charge is 0.490 e. The number of hydrogen-bond acceptors (Lipinski definition) is 5. The molecule has 2 atom stereocenters. The van der Waals surface area contributed by atoms with Gasteiger partial charge in [-0.15, -0.1) is 0 Å². The molecule has 1 fully saturated rings. The summed E-state index contributed by atoms with van der Waals surface area (Å²) in [5, 5.41) is 4.04. The van der Waals surface area contributed by atoms with Crippen LogP contribution in [0.2, 0.25) is 0 Å². The molecule has 0 unspecified atom stereocenters. The zero-order valence-electron chi connectivity index (χ0n) is 21.6. The molecule has 0 spiro atoms. The number of benzene rings is 2. The van der Waals surface area contributed by atoms with Gasteiger partial charge in [-0.05, 0) is 42.2 Å². The van der Waals surface area contributed by atoms with Crippen LogP contribution in [-0.4, -0.2) is 53.0 Å². The number of halogens is 1. The summed E-state index contributed by atoms with van der Waals surface area (Å²) in [7, 11) is 1.78. The maximum atomic E-state index is 13.4. The summed E-state index contributed by atoms with van der Waals surface area (Å²) in [5.74, 6) is 0.287. The molecule has 2 heterocycles. The first-order valence-electron chi connectivity index (χ1n) is 12.7. The maximum Gasteiger partial charge on any atom is 0.292 e. The fourth-order valence-electron chi connectivity index (χ4n) is 4.64. The highest BCUT2D eigenvalue weighted by atomic mass is 19.1. The average Bonchev–Trinajstić information content (AvgIpc) is 3.34. The van der Waals surface area contributed by atoms with E-state index < -0.39 is 0 Å². The highest BCUT2D eigenvalue weighted by Gasteiger charge is 2.36. The van der Waals surface area contributed by atoms with E-state index >= 15 is 0 Å². The molecule has 0 bridgehead atoms. The Labute approximate surface area is 217 Å². The smallest absolute Gasteiger partial charge is 0.292 e. The molecule has 0 N–H and O–H groups in total. The van der Waals surface area contributed by atoms with Gasteiger partial charge in [0.25, 0.3) is 5.91 Å². The Morgan fingerprint density at radius 1 is 1.16 bits per heavy atom. The summed E-state index contributed by atoms with van der Waals surface area (Å²) in [4.78, 5) is 29.8. The summed E-state index contributed by atoms with van der Waals surface area (Å²) >= 11 is 0.